The van der Waals surface area contributed by atoms with E-state index in [1.165, 1.54) is 5.56 Å². The van der Waals surface area contributed by atoms with E-state index in [1.54, 1.807) is 0 Å². The Morgan fingerprint density at radius 2 is 1.80 bits per heavy atom. The van der Waals surface area contributed by atoms with Crippen LogP contribution in [0.3, 0.4) is 0 Å². The molecule has 0 aliphatic heterocycles. The van der Waals surface area contributed by atoms with Crippen molar-refractivity contribution in [3.63, 3.8) is 0 Å². The Hall–Kier alpha value is -2.14. The largest absolute Gasteiger partial charge is 0.374 e. The minimum Gasteiger partial charge on any atom is -0.374 e. The van der Waals surface area contributed by atoms with Gasteiger partial charge in [-0.2, -0.15) is 0 Å². The van der Waals surface area contributed by atoms with Crippen molar-refractivity contribution in [2.75, 3.05) is 24.3 Å². The van der Waals surface area contributed by atoms with Crippen molar-refractivity contribution < 1.29 is 4.74 Å². The van der Waals surface area contributed by atoms with E-state index in [2.05, 4.69) is 39.7 Å². The lowest BCUT2D eigenvalue weighted by Crippen LogP contribution is -2.05. The molecule has 1 aromatic heterocycles. The van der Waals surface area contributed by atoms with Crippen molar-refractivity contribution in [1.82, 2.24) is 9.97 Å². The van der Waals surface area contributed by atoms with Crippen molar-refractivity contribution >= 4 is 17.3 Å². The summed E-state index contributed by atoms with van der Waals surface area (Å²) >= 11 is 0. The van der Waals surface area contributed by atoms with Gasteiger partial charge >= 0.3 is 0 Å². The molecule has 0 aliphatic carbocycles. The van der Waals surface area contributed by atoms with Crippen LogP contribution in [0, 0.1) is 6.92 Å². The molecule has 0 atom stereocenters. The maximum absolute atomic E-state index is 5.36. The summed E-state index contributed by atoms with van der Waals surface area (Å²) in [4.78, 5) is 8.81. The van der Waals surface area contributed by atoms with Crippen LogP contribution < -0.4 is 10.6 Å². The van der Waals surface area contributed by atoms with Gasteiger partial charge in [0.2, 0.25) is 0 Å². The summed E-state index contributed by atoms with van der Waals surface area (Å²) in [5.41, 5.74) is 2.23. The monoisotopic (exact) mass is 272 g/mol. The van der Waals surface area contributed by atoms with Gasteiger partial charge in [0.15, 0.2) is 5.82 Å². The highest BCUT2D eigenvalue weighted by molar-refractivity contribution is 5.59. The summed E-state index contributed by atoms with van der Waals surface area (Å²) in [6, 6.07) is 10.0. The number of anilines is 3. The standard InChI is InChI=1S/C15H20N4O/c1-4-20-10-15-18-13(16-3)9-14(19-15)17-12-7-5-11(2)6-8-12/h5-9H,4,10H2,1-3H3,(H2,16,17,18,19). The molecular weight excluding hydrogens is 252 g/mol. The van der Waals surface area contributed by atoms with Crippen LogP contribution in [0.25, 0.3) is 0 Å². The zero-order valence-electron chi connectivity index (χ0n) is 12.1. The van der Waals surface area contributed by atoms with Crippen LogP contribution in [0.2, 0.25) is 0 Å². The summed E-state index contributed by atoms with van der Waals surface area (Å²) in [5.74, 6) is 2.18. The van der Waals surface area contributed by atoms with Gasteiger partial charge in [0.1, 0.15) is 18.2 Å². The van der Waals surface area contributed by atoms with Gasteiger partial charge in [-0.25, -0.2) is 9.97 Å². The molecule has 20 heavy (non-hydrogen) atoms. The number of hydrogen-bond acceptors (Lipinski definition) is 5. The first-order valence-corrected chi connectivity index (χ1v) is 6.68. The topological polar surface area (TPSA) is 59.1 Å². The molecule has 0 bridgehead atoms. The summed E-state index contributed by atoms with van der Waals surface area (Å²) < 4.78 is 5.36. The van der Waals surface area contributed by atoms with Crippen LogP contribution >= 0.6 is 0 Å². The highest BCUT2D eigenvalue weighted by Gasteiger charge is 2.04. The van der Waals surface area contributed by atoms with Crippen molar-refractivity contribution in [2.24, 2.45) is 0 Å². The fraction of sp³-hybridized carbons (Fsp3) is 0.333. The van der Waals surface area contributed by atoms with Gasteiger partial charge in [-0.1, -0.05) is 17.7 Å². The predicted octanol–water partition coefficient (Wildman–Crippen LogP) is 3.11. The lowest BCUT2D eigenvalue weighted by atomic mass is 10.2. The number of ether oxygens (including phenoxy) is 1. The first kappa shape index (κ1) is 14.3. The number of rotatable bonds is 6. The van der Waals surface area contributed by atoms with E-state index in [-0.39, 0.29) is 0 Å². The molecule has 0 fully saturated rings. The normalized spacial score (nSPS) is 10.3. The average Bonchev–Trinajstić information content (AvgIpc) is 2.47. The van der Waals surface area contributed by atoms with E-state index in [1.807, 2.05) is 32.2 Å². The minimum absolute atomic E-state index is 0.411. The number of aromatic nitrogens is 2. The number of benzene rings is 1. The predicted molar refractivity (Wildman–Crippen MR) is 81.4 cm³/mol. The van der Waals surface area contributed by atoms with Crippen molar-refractivity contribution in [3.8, 4) is 0 Å². The summed E-state index contributed by atoms with van der Waals surface area (Å²) in [5, 5.41) is 6.31. The van der Waals surface area contributed by atoms with Crippen LogP contribution in [0.15, 0.2) is 30.3 Å². The van der Waals surface area contributed by atoms with E-state index in [0.29, 0.717) is 19.0 Å². The fourth-order valence-electron chi connectivity index (χ4n) is 1.73. The Kier molecular flexibility index (Phi) is 4.90. The van der Waals surface area contributed by atoms with Gasteiger partial charge in [0.25, 0.3) is 0 Å². The third-order valence-electron chi connectivity index (χ3n) is 2.79. The molecule has 5 heteroatoms. The Bertz CT molecular complexity index is 554. The van der Waals surface area contributed by atoms with Gasteiger partial charge in [0.05, 0.1) is 0 Å². The molecular formula is C15H20N4O. The number of aryl methyl sites for hydroxylation is 1. The molecule has 1 heterocycles. The third-order valence-corrected chi connectivity index (χ3v) is 2.79. The molecule has 2 rings (SSSR count). The van der Waals surface area contributed by atoms with E-state index in [9.17, 15) is 0 Å². The second-order valence-electron chi connectivity index (χ2n) is 4.43. The third kappa shape index (κ3) is 3.93. The van der Waals surface area contributed by atoms with Crippen LogP contribution in [0.5, 0.6) is 0 Å². The SMILES string of the molecule is CCOCc1nc(NC)cc(Nc2ccc(C)cc2)n1. The fourth-order valence-corrected chi connectivity index (χ4v) is 1.73. The molecule has 0 saturated heterocycles. The lowest BCUT2D eigenvalue weighted by molar-refractivity contribution is 0.128. The molecule has 1 aromatic carbocycles. The molecule has 5 nitrogen and oxygen atoms in total. The van der Waals surface area contributed by atoms with E-state index >= 15 is 0 Å². The highest BCUT2D eigenvalue weighted by Crippen LogP contribution is 2.18. The Balaban J connectivity index is 2.19. The second-order valence-corrected chi connectivity index (χ2v) is 4.43. The first-order valence-electron chi connectivity index (χ1n) is 6.68. The van der Waals surface area contributed by atoms with Crippen molar-refractivity contribution in [1.29, 1.82) is 0 Å². The molecule has 0 radical (unpaired) electrons. The molecule has 0 saturated carbocycles. The Labute approximate surface area is 119 Å². The minimum atomic E-state index is 0.411. The molecule has 2 aromatic rings. The van der Waals surface area contributed by atoms with Gasteiger partial charge in [-0.05, 0) is 26.0 Å². The average molecular weight is 272 g/mol. The molecule has 106 valence electrons. The van der Waals surface area contributed by atoms with Crippen molar-refractivity contribution in [2.45, 2.75) is 20.5 Å². The maximum Gasteiger partial charge on any atom is 0.158 e. The highest BCUT2D eigenvalue weighted by atomic mass is 16.5. The summed E-state index contributed by atoms with van der Waals surface area (Å²) in [6.07, 6.45) is 0. The quantitative estimate of drug-likeness (QED) is 0.846. The zero-order chi connectivity index (χ0) is 14.4. The van der Waals surface area contributed by atoms with Gasteiger partial charge in [0, 0.05) is 25.4 Å². The Morgan fingerprint density at radius 3 is 2.45 bits per heavy atom. The van der Waals surface area contributed by atoms with Crippen LogP contribution in [-0.4, -0.2) is 23.6 Å². The van der Waals surface area contributed by atoms with Crippen LogP contribution in [-0.2, 0) is 11.3 Å². The van der Waals surface area contributed by atoms with Gasteiger partial charge in [-0.15, -0.1) is 0 Å². The smallest absolute Gasteiger partial charge is 0.158 e. The first-order chi connectivity index (χ1) is 9.71. The van der Waals surface area contributed by atoms with Crippen LogP contribution in [0.1, 0.15) is 18.3 Å². The molecule has 0 unspecified atom stereocenters. The second kappa shape index (κ2) is 6.86. The van der Waals surface area contributed by atoms with Gasteiger partial charge < -0.3 is 15.4 Å². The Morgan fingerprint density at radius 1 is 1.10 bits per heavy atom. The molecule has 0 spiro atoms. The number of hydrogen-bond donors (Lipinski definition) is 2. The zero-order valence-corrected chi connectivity index (χ0v) is 12.1. The van der Waals surface area contributed by atoms with Crippen molar-refractivity contribution in [3.05, 3.63) is 41.7 Å². The molecule has 0 amide bonds. The van der Waals surface area contributed by atoms with Gasteiger partial charge in [-0.3, -0.25) is 0 Å². The number of nitrogens with zero attached hydrogens (tertiary/aromatic N) is 2. The summed E-state index contributed by atoms with van der Waals surface area (Å²) in [6.45, 7) is 5.07. The van der Waals surface area contributed by atoms with Crippen LogP contribution in [0.4, 0.5) is 17.3 Å². The molecule has 0 aliphatic rings. The van der Waals surface area contributed by atoms with E-state index in [4.69, 9.17) is 4.74 Å². The lowest BCUT2D eigenvalue weighted by Gasteiger charge is -2.10. The summed E-state index contributed by atoms with van der Waals surface area (Å²) in [7, 11) is 1.84. The molecule has 2 N–H and O–H groups in total. The van der Waals surface area contributed by atoms with E-state index in [0.717, 1.165) is 17.3 Å². The maximum atomic E-state index is 5.36. The number of nitrogens with one attached hydrogen (secondary N) is 2. The van der Waals surface area contributed by atoms with E-state index < -0.39 is 0 Å².